The fourth-order valence-electron chi connectivity index (χ4n) is 0. The van der Waals surface area contributed by atoms with Gasteiger partial charge in [-0.2, -0.15) is 0 Å². The summed E-state index contributed by atoms with van der Waals surface area (Å²) in [5, 5.41) is 0. The lowest BCUT2D eigenvalue weighted by Crippen LogP contribution is -2.06. The van der Waals surface area contributed by atoms with E-state index in [1.807, 2.05) is 0 Å². The first-order valence-electron chi connectivity index (χ1n) is 1.55. The molecular formula is C4H11NO. The molecule has 2 nitrogen and oxygen atoms in total. The van der Waals surface area contributed by atoms with E-state index in [-0.39, 0.29) is 13.3 Å². The lowest BCUT2D eigenvalue weighted by molar-refractivity contribution is -0.117. The highest BCUT2D eigenvalue weighted by molar-refractivity contribution is 5.73. The SMILES string of the molecule is C.CCC(N)=O. The topological polar surface area (TPSA) is 43.1 Å². The van der Waals surface area contributed by atoms with E-state index < -0.39 is 0 Å². The monoisotopic (exact) mass is 89.1 g/mol. The molecule has 0 aromatic heterocycles. The van der Waals surface area contributed by atoms with E-state index in [2.05, 4.69) is 5.73 Å². The highest BCUT2D eigenvalue weighted by Gasteiger charge is 1.77. The Morgan fingerprint density at radius 3 is 2.00 bits per heavy atom. The maximum Gasteiger partial charge on any atom is 0.217 e. The predicted molar refractivity (Wildman–Crippen MR) is 26.2 cm³/mol. The first-order valence-corrected chi connectivity index (χ1v) is 1.55. The van der Waals surface area contributed by atoms with Crippen molar-refractivity contribution in [3.8, 4) is 0 Å². The lowest BCUT2D eigenvalue weighted by Gasteiger charge is -1.73. The Hall–Kier alpha value is -0.530. The summed E-state index contributed by atoms with van der Waals surface area (Å²) in [5.74, 6) is -0.245. The molecule has 2 heteroatoms. The van der Waals surface area contributed by atoms with Crippen LogP contribution in [0.4, 0.5) is 0 Å². The Morgan fingerprint density at radius 2 is 2.00 bits per heavy atom. The average Bonchev–Trinajstić information content (AvgIpc) is 1.38. The normalized spacial score (nSPS) is 6.17. The van der Waals surface area contributed by atoms with Crippen LogP contribution in [0.5, 0.6) is 0 Å². The van der Waals surface area contributed by atoms with E-state index in [0.29, 0.717) is 6.42 Å². The van der Waals surface area contributed by atoms with Crippen LogP contribution in [0.25, 0.3) is 0 Å². The third-order valence-electron chi connectivity index (χ3n) is 0.348. The molecule has 0 saturated heterocycles. The van der Waals surface area contributed by atoms with Crippen LogP contribution >= 0.6 is 0 Å². The van der Waals surface area contributed by atoms with Crippen molar-refractivity contribution in [2.75, 3.05) is 0 Å². The van der Waals surface area contributed by atoms with Crippen molar-refractivity contribution in [3.05, 3.63) is 0 Å². The smallest absolute Gasteiger partial charge is 0.217 e. The summed E-state index contributed by atoms with van der Waals surface area (Å²) >= 11 is 0. The molecule has 0 aliphatic rings. The number of nitrogens with two attached hydrogens (primary N) is 1. The average molecular weight is 89.1 g/mol. The number of carbonyl (C=O) groups is 1. The summed E-state index contributed by atoms with van der Waals surface area (Å²) in [6.07, 6.45) is 0.444. The zero-order valence-electron chi connectivity index (χ0n) is 3.19. The summed E-state index contributed by atoms with van der Waals surface area (Å²) in [5.41, 5.74) is 4.65. The maximum absolute atomic E-state index is 9.59. The van der Waals surface area contributed by atoms with Crippen LogP contribution in [0.3, 0.4) is 0 Å². The van der Waals surface area contributed by atoms with Gasteiger partial charge in [0, 0.05) is 6.42 Å². The van der Waals surface area contributed by atoms with Gasteiger partial charge in [0.05, 0.1) is 0 Å². The Bertz CT molecular complexity index is 42.8. The van der Waals surface area contributed by atoms with E-state index in [1.165, 1.54) is 0 Å². The number of rotatable bonds is 1. The molecule has 0 saturated carbocycles. The molecule has 0 rings (SSSR count). The molecule has 0 spiro atoms. The second-order valence-electron chi connectivity index (χ2n) is 0.820. The molecule has 1 amide bonds. The Labute approximate surface area is 38.3 Å². The fourth-order valence-corrected chi connectivity index (χ4v) is 0. The molecule has 2 N–H and O–H groups in total. The quantitative estimate of drug-likeness (QED) is 0.500. The Morgan fingerprint density at radius 1 is 1.83 bits per heavy atom. The van der Waals surface area contributed by atoms with Gasteiger partial charge in [-0.25, -0.2) is 0 Å². The minimum atomic E-state index is -0.245. The predicted octanol–water partition coefficient (Wildman–Crippen LogP) is 0.518. The first-order chi connectivity index (χ1) is 2.27. The van der Waals surface area contributed by atoms with Crippen molar-refractivity contribution in [1.29, 1.82) is 0 Å². The number of amides is 1. The van der Waals surface area contributed by atoms with Crippen LogP contribution in [0.2, 0.25) is 0 Å². The van der Waals surface area contributed by atoms with Gasteiger partial charge in [-0.3, -0.25) is 4.79 Å². The zero-order chi connectivity index (χ0) is 4.28. The number of carbonyl (C=O) groups excluding carboxylic acids is 1. The van der Waals surface area contributed by atoms with Crippen LogP contribution in [0.15, 0.2) is 0 Å². The summed E-state index contributed by atoms with van der Waals surface area (Å²) in [6.45, 7) is 1.72. The van der Waals surface area contributed by atoms with Crippen molar-refractivity contribution >= 4 is 5.91 Å². The third-order valence-corrected chi connectivity index (χ3v) is 0.348. The molecule has 0 aromatic rings. The zero-order valence-corrected chi connectivity index (χ0v) is 3.19. The molecule has 0 atom stereocenters. The summed E-state index contributed by atoms with van der Waals surface area (Å²) < 4.78 is 0. The van der Waals surface area contributed by atoms with Gasteiger partial charge >= 0.3 is 0 Å². The Balaban J connectivity index is 0. The molecular weight excluding hydrogens is 78.0 g/mol. The van der Waals surface area contributed by atoms with Crippen LogP contribution in [0, 0.1) is 0 Å². The van der Waals surface area contributed by atoms with Gasteiger partial charge in [0.1, 0.15) is 0 Å². The molecule has 0 aliphatic heterocycles. The highest BCUT2D eigenvalue weighted by atomic mass is 16.1. The van der Waals surface area contributed by atoms with Crippen LogP contribution in [-0.2, 0) is 4.79 Å². The molecule has 0 fully saturated rings. The Kier molecular flexibility index (Phi) is 6.76. The van der Waals surface area contributed by atoms with Crippen molar-refractivity contribution in [2.24, 2.45) is 5.73 Å². The summed E-state index contributed by atoms with van der Waals surface area (Å²) in [4.78, 5) is 9.59. The molecule has 38 valence electrons. The van der Waals surface area contributed by atoms with Gasteiger partial charge < -0.3 is 5.73 Å². The molecule has 0 radical (unpaired) electrons. The number of primary amides is 1. The molecule has 6 heavy (non-hydrogen) atoms. The third kappa shape index (κ3) is 9.80. The highest BCUT2D eigenvalue weighted by Crippen LogP contribution is 1.63. The van der Waals surface area contributed by atoms with Gasteiger partial charge in [0.2, 0.25) is 5.91 Å². The van der Waals surface area contributed by atoms with E-state index in [4.69, 9.17) is 0 Å². The van der Waals surface area contributed by atoms with E-state index in [1.54, 1.807) is 6.92 Å². The minimum absolute atomic E-state index is 0. The molecule has 0 aromatic carbocycles. The van der Waals surface area contributed by atoms with Gasteiger partial charge in [-0.05, 0) is 0 Å². The second kappa shape index (κ2) is 4.47. The molecule has 0 heterocycles. The maximum atomic E-state index is 9.59. The van der Waals surface area contributed by atoms with Crippen molar-refractivity contribution < 1.29 is 4.79 Å². The van der Waals surface area contributed by atoms with E-state index in [0.717, 1.165) is 0 Å². The van der Waals surface area contributed by atoms with Gasteiger partial charge in [-0.1, -0.05) is 14.4 Å². The minimum Gasteiger partial charge on any atom is -0.370 e. The number of hydrogen-bond acceptors (Lipinski definition) is 1. The molecule has 0 unspecified atom stereocenters. The van der Waals surface area contributed by atoms with E-state index in [9.17, 15) is 4.79 Å². The van der Waals surface area contributed by atoms with Gasteiger partial charge in [0.15, 0.2) is 0 Å². The molecule has 0 aliphatic carbocycles. The summed E-state index contributed by atoms with van der Waals surface area (Å²) in [6, 6.07) is 0. The fraction of sp³-hybridized carbons (Fsp3) is 0.750. The van der Waals surface area contributed by atoms with Crippen LogP contribution < -0.4 is 5.73 Å². The lowest BCUT2D eigenvalue weighted by atomic mass is 10.5. The van der Waals surface area contributed by atoms with Crippen LogP contribution in [0.1, 0.15) is 20.8 Å². The molecule has 0 bridgehead atoms. The van der Waals surface area contributed by atoms with Crippen molar-refractivity contribution in [1.82, 2.24) is 0 Å². The van der Waals surface area contributed by atoms with Crippen molar-refractivity contribution in [2.45, 2.75) is 20.8 Å². The van der Waals surface area contributed by atoms with E-state index >= 15 is 0 Å². The summed E-state index contributed by atoms with van der Waals surface area (Å²) in [7, 11) is 0. The van der Waals surface area contributed by atoms with Gasteiger partial charge in [0.25, 0.3) is 0 Å². The second-order valence-corrected chi connectivity index (χ2v) is 0.820. The first kappa shape index (κ1) is 9.08. The number of hydrogen-bond donors (Lipinski definition) is 1. The van der Waals surface area contributed by atoms with Gasteiger partial charge in [-0.15, -0.1) is 0 Å². The van der Waals surface area contributed by atoms with Crippen molar-refractivity contribution in [3.63, 3.8) is 0 Å². The standard InChI is InChI=1S/C3H7NO.CH4/c1-2-3(4)5;/h2H2,1H3,(H2,4,5);1H4. The largest absolute Gasteiger partial charge is 0.370 e. The van der Waals surface area contributed by atoms with Crippen LogP contribution in [-0.4, -0.2) is 5.91 Å².